The van der Waals surface area contributed by atoms with Crippen LogP contribution in [0.1, 0.15) is 16.1 Å². The first-order chi connectivity index (χ1) is 13.2. The zero-order valence-corrected chi connectivity index (χ0v) is 15.7. The van der Waals surface area contributed by atoms with Crippen molar-refractivity contribution in [1.82, 2.24) is 25.2 Å². The highest BCUT2D eigenvalue weighted by molar-refractivity contribution is 5.92. The molecule has 1 aliphatic rings. The van der Waals surface area contributed by atoms with E-state index in [2.05, 4.69) is 25.2 Å². The summed E-state index contributed by atoms with van der Waals surface area (Å²) < 4.78 is 5.33. The summed E-state index contributed by atoms with van der Waals surface area (Å²) >= 11 is 0. The Bertz CT molecular complexity index is 721. The van der Waals surface area contributed by atoms with Gasteiger partial charge in [0.25, 0.3) is 5.91 Å². The Balaban J connectivity index is 1.48. The number of morpholine rings is 1. The maximum atomic E-state index is 12.4. The molecule has 0 radical (unpaired) electrons. The van der Waals surface area contributed by atoms with Crippen molar-refractivity contribution < 1.29 is 9.53 Å². The minimum atomic E-state index is -0.172. The first kappa shape index (κ1) is 19.2. The largest absolute Gasteiger partial charge is 0.379 e. The number of hydrogen-bond donors (Lipinski definition) is 1. The minimum Gasteiger partial charge on any atom is -0.379 e. The van der Waals surface area contributed by atoms with Crippen LogP contribution in [0.5, 0.6) is 0 Å². The molecule has 8 heteroatoms. The first-order valence-electron chi connectivity index (χ1n) is 9.24. The number of nitrogens with one attached hydrogen (secondary N) is 1. The third-order valence-corrected chi connectivity index (χ3v) is 4.52. The fourth-order valence-electron chi connectivity index (χ4n) is 2.85. The SMILES string of the molecule is CN(CCc1ccncc1)c1nccc(C(=O)NCCN2CCOCC2)n1. The van der Waals surface area contributed by atoms with E-state index in [1.54, 1.807) is 24.7 Å². The molecule has 1 amide bonds. The number of likely N-dealkylation sites (N-methyl/N-ethyl adjacent to an activating group) is 1. The highest BCUT2D eigenvalue weighted by Crippen LogP contribution is 2.07. The molecule has 3 heterocycles. The third-order valence-electron chi connectivity index (χ3n) is 4.52. The van der Waals surface area contributed by atoms with Gasteiger partial charge in [-0.25, -0.2) is 9.97 Å². The van der Waals surface area contributed by atoms with Crippen LogP contribution in [0.4, 0.5) is 5.95 Å². The number of ether oxygens (including phenoxy) is 1. The van der Waals surface area contributed by atoms with E-state index in [1.807, 2.05) is 24.1 Å². The zero-order chi connectivity index (χ0) is 18.9. The Morgan fingerprint density at radius 3 is 2.78 bits per heavy atom. The van der Waals surface area contributed by atoms with E-state index >= 15 is 0 Å². The molecule has 1 saturated heterocycles. The first-order valence-corrected chi connectivity index (χ1v) is 9.24. The van der Waals surface area contributed by atoms with E-state index in [-0.39, 0.29) is 5.91 Å². The number of carbonyl (C=O) groups is 1. The number of amides is 1. The predicted octanol–water partition coefficient (Wildman–Crippen LogP) is 0.613. The van der Waals surface area contributed by atoms with Crippen LogP contribution < -0.4 is 10.2 Å². The van der Waals surface area contributed by atoms with Crippen molar-refractivity contribution in [3.05, 3.63) is 48.0 Å². The van der Waals surface area contributed by atoms with Gasteiger partial charge in [0.15, 0.2) is 0 Å². The summed E-state index contributed by atoms with van der Waals surface area (Å²) in [7, 11) is 1.93. The van der Waals surface area contributed by atoms with Gasteiger partial charge < -0.3 is 15.0 Å². The molecule has 1 N–H and O–H groups in total. The fraction of sp³-hybridized carbons (Fsp3) is 0.474. The Hall–Kier alpha value is -2.58. The maximum absolute atomic E-state index is 12.4. The van der Waals surface area contributed by atoms with Gasteiger partial charge in [-0.15, -0.1) is 0 Å². The second kappa shape index (κ2) is 9.94. The van der Waals surface area contributed by atoms with Crippen LogP contribution >= 0.6 is 0 Å². The highest BCUT2D eigenvalue weighted by Gasteiger charge is 2.13. The van der Waals surface area contributed by atoms with Gasteiger partial charge >= 0.3 is 0 Å². The van der Waals surface area contributed by atoms with Gasteiger partial charge in [-0.1, -0.05) is 0 Å². The molecule has 0 unspecified atom stereocenters. The normalized spacial score (nSPS) is 14.7. The highest BCUT2D eigenvalue weighted by atomic mass is 16.5. The standard InChI is InChI=1S/C19H26N6O2/c1-24(10-5-16-2-6-20-7-3-16)19-22-8-4-17(23-19)18(26)21-9-11-25-12-14-27-15-13-25/h2-4,6-8H,5,9-15H2,1H3,(H,21,26). The quantitative estimate of drug-likeness (QED) is 0.729. The molecule has 2 aromatic rings. The van der Waals surface area contributed by atoms with Gasteiger partial charge in [-0.2, -0.15) is 0 Å². The zero-order valence-electron chi connectivity index (χ0n) is 15.7. The molecule has 1 aliphatic heterocycles. The lowest BCUT2D eigenvalue weighted by Gasteiger charge is -2.26. The van der Waals surface area contributed by atoms with Gasteiger partial charge in [0, 0.05) is 58.4 Å². The molecule has 0 aliphatic carbocycles. The molecule has 144 valence electrons. The number of anilines is 1. The molecule has 0 spiro atoms. The molecule has 8 nitrogen and oxygen atoms in total. The molecular formula is C19H26N6O2. The molecule has 2 aromatic heterocycles. The summed E-state index contributed by atoms with van der Waals surface area (Å²) in [4.78, 5) is 29.3. The minimum absolute atomic E-state index is 0.172. The Labute approximate surface area is 159 Å². The van der Waals surface area contributed by atoms with Crippen molar-refractivity contribution in [2.24, 2.45) is 0 Å². The number of carbonyl (C=O) groups excluding carboxylic acids is 1. The van der Waals surface area contributed by atoms with Crippen LogP contribution in [-0.4, -0.2) is 78.7 Å². The van der Waals surface area contributed by atoms with E-state index < -0.39 is 0 Å². The van der Waals surface area contributed by atoms with Gasteiger partial charge in [0.1, 0.15) is 5.69 Å². The predicted molar refractivity (Wildman–Crippen MR) is 103 cm³/mol. The average Bonchev–Trinajstić information content (AvgIpc) is 2.73. The number of hydrogen-bond acceptors (Lipinski definition) is 7. The third kappa shape index (κ3) is 5.97. The maximum Gasteiger partial charge on any atom is 0.270 e. The molecule has 27 heavy (non-hydrogen) atoms. The van der Waals surface area contributed by atoms with Crippen molar-refractivity contribution >= 4 is 11.9 Å². The van der Waals surface area contributed by atoms with Crippen molar-refractivity contribution in [1.29, 1.82) is 0 Å². The van der Waals surface area contributed by atoms with E-state index in [0.29, 0.717) is 18.2 Å². The molecular weight excluding hydrogens is 344 g/mol. The summed E-state index contributed by atoms with van der Waals surface area (Å²) in [6, 6.07) is 5.63. The topological polar surface area (TPSA) is 83.5 Å². The van der Waals surface area contributed by atoms with Crippen LogP contribution in [0.25, 0.3) is 0 Å². The molecule has 3 rings (SSSR count). The number of pyridine rings is 1. The Morgan fingerprint density at radius 1 is 1.22 bits per heavy atom. The molecule has 0 atom stereocenters. The average molecular weight is 370 g/mol. The molecule has 0 aromatic carbocycles. The number of aromatic nitrogens is 3. The number of rotatable bonds is 8. The summed E-state index contributed by atoms with van der Waals surface area (Å²) in [5, 5.41) is 2.93. The summed E-state index contributed by atoms with van der Waals surface area (Å²) in [5.41, 5.74) is 1.59. The van der Waals surface area contributed by atoms with Crippen LogP contribution in [-0.2, 0) is 11.2 Å². The van der Waals surface area contributed by atoms with Crippen LogP contribution in [0, 0.1) is 0 Å². The van der Waals surface area contributed by atoms with Gasteiger partial charge in [-0.3, -0.25) is 14.7 Å². The lowest BCUT2D eigenvalue weighted by molar-refractivity contribution is 0.0383. The lowest BCUT2D eigenvalue weighted by Crippen LogP contribution is -2.41. The summed E-state index contributed by atoms with van der Waals surface area (Å²) in [6.45, 7) is 5.51. The van der Waals surface area contributed by atoms with Crippen molar-refractivity contribution in [2.45, 2.75) is 6.42 Å². The smallest absolute Gasteiger partial charge is 0.270 e. The number of nitrogens with zero attached hydrogens (tertiary/aromatic N) is 5. The van der Waals surface area contributed by atoms with E-state index in [9.17, 15) is 4.79 Å². The van der Waals surface area contributed by atoms with Crippen molar-refractivity contribution in [3.8, 4) is 0 Å². The van der Waals surface area contributed by atoms with E-state index in [4.69, 9.17) is 4.74 Å². The second-order valence-electron chi connectivity index (χ2n) is 6.48. The molecule has 1 fully saturated rings. The van der Waals surface area contributed by atoms with Crippen LogP contribution in [0.3, 0.4) is 0 Å². The Morgan fingerprint density at radius 2 is 2.00 bits per heavy atom. The summed E-state index contributed by atoms with van der Waals surface area (Å²) in [5.74, 6) is 0.374. The van der Waals surface area contributed by atoms with Gasteiger partial charge in [-0.05, 0) is 30.2 Å². The van der Waals surface area contributed by atoms with Gasteiger partial charge in [0.2, 0.25) is 5.95 Å². The lowest BCUT2D eigenvalue weighted by atomic mass is 10.2. The van der Waals surface area contributed by atoms with Crippen molar-refractivity contribution in [3.63, 3.8) is 0 Å². The van der Waals surface area contributed by atoms with E-state index in [1.165, 1.54) is 5.56 Å². The van der Waals surface area contributed by atoms with E-state index in [0.717, 1.165) is 45.8 Å². The molecule has 0 saturated carbocycles. The fourth-order valence-corrected chi connectivity index (χ4v) is 2.85. The van der Waals surface area contributed by atoms with Crippen LogP contribution in [0.2, 0.25) is 0 Å². The second-order valence-corrected chi connectivity index (χ2v) is 6.48. The van der Waals surface area contributed by atoms with Gasteiger partial charge in [0.05, 0.1) is 13.2 Å². The van der Waals surface area contributed by atoms with Crippen molar-refractivity contribution in [2.75, 3.05) is 57.9 Å². The summed E-state index contributed by atoms with van der Waals surface area (Å²) in [6.07, 6.45) is 6.06. The monoisotopic (exact) mass is 370 g/mol. The Kier molecular flexibility index (Phi) is 7.06. The van der Waals surface area contributed by atoms with Crippen LogP contribution in [0.15, 0.2) is 36.8 Å². The molecule has 0 bridgehead atoms.